The first-order valence-corrected chi connectivity index (χ1v) is 14.0. The Kier molecular flexibility index (Phi) is 8.69. The van der Waals surface area contributed by atoms with E-state index in [4.69, 9.17) is 8.92 Å². The fraction of sp³-hybridized carbons (Fsp3) is 0.444. The van der Waals surface area contributed by atoms with Crippen molar-refractivity contribution in [2.45, 2.75) is 45.3 Å². The molecule has 38 heavy (non-hydrogen) atoms. The fourth-order valence-corrected chi connectivity index (χ4v) is 4.82. The molecular formula is C27H33N3O7S. The van der Waals surface area contributed by atoms with E-state index in [1.807, 2.05) is 51.1 Å². The molecule has 0 spiro atoms. The highest BCUT2D eigenvalue weighted by Gasteiger charge is 2.52. The maximum absolute atomic E-state index is 13.6. The number of nitriles is 1. The van der Waals surface area contributed by atoms with Gasteiger partial charge in [-0.3, -0.25) is 4.79 Å². The van der Waals surface area contributed by atoms with Gasteiger partial charge in [0.25, 0.3) is 5.91 Å². The first-order valence-electron chi connectivity index (χ1n) is 12.2. The summed E-state index contributed by atoms with van der Waals surface area (Å²) in [4.78, 5) is 26.5. The van der Waals surface area contributed by atoms with E-state index in [0.29, 0.717) is 6.42 Å². The molecule has 11 heteroatoms. The summed E-state index contributed by atoms with van der Waals surface area (Å²) in [6.07, 6.45) is 0.547. The van der Waals surface area contributed by atoms with Gasteiger partial charge in [-0.05, 0) is 35.2 Å². The van der Waals surface area contributed by atoms with E-state index in [-0.39, 0.29) is 31.9 Å². The maximum atomic E-state index is 13.6. The molecule has 3 rings (SSSR count). The molecule has 1 aliphatic rings. The Morgan fingerprint density at radius 1 is 1.21 bits per heavy atom. The predicted octanol–water partition coefficient (Wildman–Crippen LogP) is 3.43. The van der Waals surface area contributed by atoms with E-state index in [0.717, 1.165) is 22.9 Å². The van der Waals surface area contributed by atoms with Crippen LogP contribution in [0.15, 0.2) is 48.5 Å². The van der Waals surface area contributed by atoms with Crippen LogP contribution in [0.5, 0.6) is 5.75 Å². The summed E-state index contributed by atoms with van der Waals surface area (Å²) < 4.78 is 33.8. The maximum Gasteiger partial charge on any atom is 0.407 e. The van der Waals surface area contributed by atoms with Gasteiger partial charge in [0.05, 0.1) is 18.9 Å². The first-order chi connectivity index (χ1) is 17.7. The third-order valence-electron chi connectivity index (χ3n) is 6.45. The highest BCUT2D eigenvalue weighted by molar-refractivity contribution is 7.86. The molecule has 0 aromatic heterocycles. The Balaban J connectivity index is 1.76. The summed E-state index contributed by atoms with van der Waals surface area (Å²) in [7, 11) is -3.65. The zero-order chi connectivity index (χ0) is 28.1. The van der Waals surface area contributed by atoms with Gasteiger partial charge in [-0.2, -0.15) is 13.7 Å². The van der Waals surface area contributed by atoms with Crippen molar-refractivity contribution in [1.29, 1.82) is 5.26 Å². The SMILES string of the molecule is CC(C)(C)C1(C(=O)N[C@H](C#N)Cc2ccc(-c3cccc(OS(C)(=O)=O)c3)cc2)CN(C(=O)O)CCCO1. The van der Waals surface area contributed by atoms with Crippen molar-refractivity contribution in [2.75, 3.05) is 26.0 Å². The van der Waals surface area contributed by atoms with Crippen molar-refractivity contribution in [3.05, 3.63) is 54.1 Å². The Hall–Kier alpha value is -3.62. The lowest BCUT2D eigenvalue weighted by Gasteiger charge is -2.43. The van der Waals surface area contributed by atoms with Gasteiger partial charge in [0, 0.05) is 25.0 Å². The van der Waals surface area contributed by atoms with Crippen LogP contribution in [0.2, 0.25) is 0 Å². The van der Waals surface area contributed by atoms with Crippen molar-refractivity contribution >= 4 is 22.1 Å². The molecule has 0 bridgehead atoms. The number of carboxylic acid groups (broad SMARTS) is 1. The summed E-state index contributed by atoms with van der Waals surface area (Å²) in [6.45, 7) is 5.80. The molecule has 2 amide bonds. The van der Waals surface area contributed by atoms with E-state index < -0.39 is 39.2 Å². The van der Waals surface area contributed by atoms with E-state index >= 15 is 0 Å². The van der Waals surface area contributed by atoms with Gasteiger partial charge in [-0.1, -0.05) is 57.2 Å². The van der Waals surface area contributed by atoms with Gasteiger partial charge >= 0.3 is 16.2 Å². The molecule has 0 saturated carbocycles. The van der Waals surface area contributed by atoms with Gasteiger partial charge in [0.2, 0.25) is 0 Å². The van der Waals surface area contributed by atoms with Gasteiger partial charge in [0.1, 0.15) is 11.8 Å². The fourth-order valence-electron chi connectivity index (χ4n) is 4.37. The molecule has 1 heterocycles. The predicted molar refractivity (Wildman–Crippen MR) is 141 cm³/mol. The molecule has 10 nitrogen and oxygen atoms in total. The molecular weight excluding hydrogens is 510 g/mol. The van der Waals surface area contributed by atoms with E-state index in [9.17, 15) is 28.4 Å². The van der Waals surface area contributed by atoms with Crippen LogP contribution in [0.3, 0.4) is 0 Å². The number of nitrogens with zero attached hydrogens (tertiary/aromatic N) is 2. The number of ether oxygens (including phenoxy) is 1. The Morgan fingerprint density at radius 3 is 2.47 bits per heavy atom. The second-order valence-electron chi connectivity index (χ2n) is 10.4. The van der Waals surface area contributed by atoms with E-state index in [2.05, 4.69) is 11.4 Å². The number of rotatable bonds is 7. The molecule has 2 atom stereocenters. The van der Waals surface area contributed by atoms with Crippen LogP contribution in [-0.2, 0) is 26.1 Å². The standard InChI is InChI=1S/C27H33N3O7S/c1-26(2,3)27(18-30(25(32)33)13-6-14-36-27)24(31)29-22(17-28)15-19-9-11-20(12-10-19)21-7-5-8-23(16-21)37-38(4,34)35/h5,7-12,16,22H,6,13-15,18H2,1-4H3,(H,29,31)(H,32,33)/t22-,27?/m0/s1. The molecule has 1 unspecified atom stereocenters. The van der Waals surface area contributed by atoms with Crippen molar-refractivity contribution in [3.63, 3.8) is 0 Å². The van der Waals surface area contributed by atoms with Crippen LogP contribution in [0, 0.1) is 16.7 Å². The van der Waals surface area contributed by atoms with Crippen LogP contribution in [-0.4, -0.2) is 68.0 Å². The molecule has 1 fully saturated rings. The summed E-state index contributed by atoms with van der Waals surface area (Å²) in [6, 6.07) is 15.3. The second-order valence-corrected chi connectivity index (χ2v) is 11.9. The normalized spacial score (nSPS) is 19.1. The number of carbonyl (C=O) groups is 2. The summed E-state index contributed by atoms with van der Waals surface area (Å²) in [5.74, 6) is -0.319. The van der Waals surface area contributed by atoms with Crippen molar-refractivity contribution in [3.8, 4) is 22.9 Å². The number of amides is 2. The van der Waals surface area contributed by atoms with Gasteiger partial charge in [0.15, 0.2) is 5.60 Å². The molecule has 1 aliphatic heterocycles. The van der Waals surface area contributed by atoms with E-state index in [1.54, 1.807) is 18.2 Å². The van der Waals surface area contributed by atoms with Crippen molar-refractivity contribution in [2.24, 2.45) is 5.41 Å². The molecule has 0 radical (unpaired) electrons. The minimum Gasteiger partial charge on any atom is -0.465 e. The van der Waals surface area contributed by atoms with Crippen LogP contribution >= 0.6 is 0 Å². The number of nitrogens with one attached hydrogen (secondary N) is 1. The van der Waals surface area contributed by atoms with Crippen LogP contribution < -0.4 is 9.50 Å². The average molecular weight is 544 g/mol. The lowest BCUT2D eigenvalue weighted by atomic mass is 9.75. The quantitative estimate of drug-likeness (QED) is 0.505. The zero-order valence-electron chi connectivity index (χ0n) is 21.9. The molecule has 204 valence electrons. The third kappa shape index (κ3) is 7.02. The lowest BCUT2D eigenvalue weighted by molar-refractivity contribution is -0.165. The summed E-state index contributed by atoms with van der Waals surface area (Å²) in [5, 5.41) is 22.2. The first kappa shape index (κ1) is 28.9. The van der Waals surface area contributed by atoms with Crippen LogP contribution in [0.1, 0.15) is 32.8 Å². The summed E-state index contributed by atoms with van der Waals surface area (Å²) >= 11 is 0. The highest BCUT2D eigenvalue weighted by atomic mass is 32.2. The van der Waals surface area contributed by atoms with Crippen LogP contribution in [0.25, 0.3) is 11.1 Å². The Labute approximate surface area is 223 Å². The van der Waals surface area contributed by atoms with Gasteiger partial charge in [-0.15, -0.1) is 0 Å². The third-order valence-corrected chi connectivity index (χ3v) is 6.95. The summed E-state index contributed by atoms with van der Waals surface area (Å²) in [5.41, 5.74) is 0.162. The highest BCUT2D eigenvalue weighted by Crippen LogP contribution is 2.37. The molecule has 2 N–H and O–H groups in total. The average Bonchev–Trinajstić information content (AvgIpc) is 3.07. The molecule has 2 aromatic carbocycles. The topological polar surface area (TPSA) is 146 Å². The minimum absolute atomic E-state index is 0.132. The minimum atomic E-state index is -3.65. The molecule has 1 saturated heterocycles. The Bertz CT molecular complexity index is 1310. The van der Waals surface area contributed by atoms with Crippen molar-refractivity contribution in [1.82, 2.24) is 10.2 Å². The van der Waals surface area contributed by atoms with Gasteiger partial charge < -0.3 is 24.2 Å². The molecule has 2 aromatic rings. The number of benzene rings is 2. The number of carbonyl (C=O) groups excluding carboxylic acids is 1. The van der Waals surface area contributed by atoms with Crippen LogP contribution in [0.4, 0.5) is 4.79 Å². The van der Waals surface area contributed by atoms with Gasteiger partial charge in [-0.25, -0.2) is 4.79 Å². The number of hydrogen-bond donors (Lipinski definition) is 2. The zero-order valence-corrected chi connectivity index (χ0v) is 22.7. The monoisotopic (exact) mass is 543 g/mol. The smallest absolute Gasteiger partial charge is 0.407 e. The second kappa shape index (κ2) is 11.4. The largest absolute Gasteiger partial charge is 0.465 e. The molecule has 0 aliphatic carbocycles. The van der Waals surface area contributed by atoms with Crippen molar-refractivity contribution < 1.29 is 32.0 Å². The lowest BCUT2D eigenvalue weighted by Crippen LogP contribution is -2.63. The Morgan fingerprint density at radius 2 is 1.89 bits per heavy atom. The number of hydrogen-bond acceptors (Lipinski definition) is 7. The van der Waals surface area contributed by atoms with E-state index in [1.165, 1.54) is 4.90 Å².